The van der Waals surface area contributed by atoms with Gasteiger partial charge in [0.25, 0.3) is 5.91 Å². The molecule has 1 aromatic carbocycles. The van der Waals surface area contributed by atoms with Crippen LogP contribution in [0.1, 0.15) is 30.6 Å². The minimum absolute atomic E-state index is 0.0794. The average Bonchev–Trinajstić information content (AvgIpc) is 2.66. The number of pyridine rings is 1. The lowest BCUT2D eigenvalue weighted by atomic mass is 10.0. The number of nitrogens with one attached hydrogen (secondary N) is 2. The number of hydrogen-bond acceptors (Lipinski definition) is 4. The predicted molar refractivity (Wildman–Crippen MR) is 99.0 cm³/mol. The fourth-order valence-corrected chi connectivity index (χ4v) is 2.55. The lowest BCUT2D eigenvalue weighted by molar-refractivity contribution is -0.123. The van der Waals surface area contributed by atoms with Crippen molar-refractivity contribution < 1.29 is 9.59 Å². The summed E-state index contributed by atoms with van der Waals surface area (Å²) in [7, 11) is 0. The predicted octanol–water partition coefficient (Wildman–Crippen LogP) is 2.53. The van der Waals surface area contributed by atoms with E-state index in [0.29, 0.717) is 12.0 Å². The third-order valence-corrected chi connectivity index (χ3v) is 3.83. The second-order valence-electron chi connectivity index (χ2n) is 6.34. The molecule has 26 heavy (non-hydrogen) atoms. The molecule has 6 heteroatoms. The van der Waals surface area contributed by atoms with Gasteiger partial charge in [0.2, 0.25) is 5.91 Å². The van der Waals surface area contributed by atoms with Gasteiger partial charge in [0.1, 0.15) is 12.6 Å². The van der Waals surface area contributed by atoms with Crippen LogP contribution in [0.2, 0.25) is 0 Å². The highest BCUT2D eigenvalue weighted by Gasteiger charge is 2.22. The molecule has 134 valence electrons. The Hall–Kier alpha value is -3.20. The fourth-order valence-electron chi connectivity index (χ4n) is 2.55. The number of aromatic nitrogens is 1. The first-order valence-electron chi connectivity index (χ1n) is 8.47. The van der Waals surface area contributed by atoms with Crippen molar-refractivity contribution in [1.82, 2.24) is 15.6 Å². The molecule has 0 aliphatic heterocycles. The van der Waals surface area contributed by atoms with Crippen LogP contribution in [0.5, 0.6) is 0 Å². The Balaban J connectivity index is 2.08. The van der Waals surface area contributed by atoms with Crippen LogP contribution in [0.15, 0.2) is 48.8 Å². The van der Waals surface area contributed by atoms with E-state index in [-0.39, 0.29) is 24.3 Å². The fraction of sp³-hybridized carbons (Fsp3) is 0.300. The smallest absolute Gasteiger partial charge is 0.251 e. The second-order valence-corrected chi connectivity index (χ2v) is 6.34. The van der Waals surface area contributed by atoms with E-state index in [1.54, 1.807) is 24.5 Å². The van der Waals surface area contributed by atoms with Crippen molar-refractivity contribution >= 4 is 11.8 Å². The van der Waals surface area contributed by atoms with E-state index in [4.69, 9.17) is 5.26 Å². The number of nitrogens with zero attached hydrogens (tertiary/aromatic N) is 2. The van der Waals surface area contributed by atoms with Crippen molar-refractivity contribution in [3.63, 3.8) is 0 Å². The average molecular weight is 350 g/mol. The second kappa shape index (κ2) is 9.33. The van der Waals surface area contributed by atoms with Crippen LogP contribution in [0.4, 0.5) is 0 Å². The molecule has 0 saturated heterocycles. The van der Waals surface area contributed by atoms with Crippen LogP contribution >= 0.6 is 0 Å². The summed E-state index contributed by atoms with van der Waals surface area (Å²) in [6, 6.07) is 12.2. The number of carbonyl (C=O) groups is 2. The van der Waals surface area contributed by atoms with Crippen LogP contribution in [0.3, 0.4) is 0 Å². The zero-order valence-electron chi connectivity index (χ0n) is 14.9. The number of rotatable bonds is 7. The summed E-state index contributed by atoms with van der Waals surface area (Å²) in [5, 5.41) is 13.9. The van der Waals surface area contributed by atoms with E-state index in [2.05, 4.69) is 15.6 Å². The van der Waals surface area contributed by atoms with Gasteiger partial charge in [-0.2, -0.15) is 5.26 Å². The Labute approximate surface area is 153 Å². The van der Waals surface area contributed by atoms with Crippen molar-refractivity contribution in [2.75, 3.05) is 6.54 Å². The van der Waals surface area contributed by atoms with Gasteiger partial charge in [-0.05, 0) is 47.7 Å². The molecule has 0 aliphatic rings. The first-order chi connectivity index (χ1) is 12.5. The highest BCUT2D eigenvalue weighted by molar-refractivity contribution is 5.97. The molecule has 0 aliphatic carbocycles. The van der Waals surface area contributed by atoms with Crippen molar-refractivity contribution in [2.24, 2.45) is 5.92 Å². The van der Waals surface area contributed by atoms with Crippen LogP contribution in [-0.2, 0) is 4.79 Å². The van der Waals surface area contributed by atoms with Gasteiger partial charge in [0.15, 0.2) is 0 Å². The maximum absolute atomic E-state index is 12.5. The van der Waals surface area contributed by atoms with Gasteiger partial charge in [-0.3, -0.25) is 14.6 Å². The Kier molecular flexibility index (Phi) is 6.86. The normalized spacial score (nSPS) is 11.5. The zero-order chi connectivity index (χ0) is 18.9. The molecule has 0 saturated carbocycles. The summed E-state index contributed by atoms with van der Waals surface area (Å²) < 4.78 is 0. The van der Waals surface area contributed by atoms with Gasteiger partial charge in [0.05, 0.1) is 6.07 Å². The van der Waals surface area contributed by atoms with Crippen LogP contribution in [0, 0.1) is 17.2 Å². The van der Waals surface area contributed by atoms with E-state index in [0.717, 1.165) is 11.1 Å². The van der Waals surface area contributed by atoms with Gasteiger partial charge >= 0.3 is 0 Å². The molecule has 0 spiro atoms. The molecule has 1 atom stereocenters. The quantitative estimate of drug-likeness (QED) is 0.750. The Morgan fingerprint density at radius 1 is 1.08 bits per heavy atom. The van der Waals surface area contributed by atoms with E-state index in [1.807, 2.05) is 44.2 Å². The molecule has 0 bridgehead atoms. The third kappa shape index (κ3) is 5.42. The largest absolute Gasteiger partial charge is 0.341 e. The summed E-state index contributed by atoms with van der Waals surface area (Å²) in [6.07, 6.45) is 3.93. The molecule has 0 fully saturated rings. The maximum atomic E-state index is 12.5. The number of amides is 2. The number of benzene rings is 1. The topological polar surface area (TPSA) is 94.9 Å². The molecule has 2 rings (SSSR count). The first kappa shape index (κ1) is 19.1. The molecule has 2 aromatic rings. The first-order valence-corrected chi connectivity index (χ1v) is 8.47. The summed E-state index contributed by atoms with van der Waals surface area (Å²) in [4.78, 5) is 28.6. The van der Waals surface area contributed by atoms with Crippen LogP contribution in [-0.4, -0.2) is 29.4 Å². The summed E-state index contributed by atoms with van der Waals surface area (Å²) in [5.41, 5.74) is 2.47. The molecule has 2 N–H and O–H groups in total. The molecule has 0 unspecified atom stereocenters. The number of hydrogen-bond donors (Lipinski definition) is 2. The number of nitriles is 1. The minimum Gasteiger partial charge on any atom is -0.341 e. The molecule has 0 radical (unpaired) electrons. The molecule has 1 heterocycles. The van der Waals surface area contributed by atoms with E-state index >= 15 is 0 Å². The van der Waals surface area contributed by atoms with E-state index in [9.17, 15) is 9.59 Å². The summed E-state index contributed by atoms with van der Waals surface area (Å²) in [6.45, 7) is 3.87. The molecular formula is C20H22N4O2. The Morgan fingerprint density at radius 3 is 2.27 bits per heavy atom. The SMILES string of the molecule is CC(C)C[C@H](NC(=O)c1ccc(-c2ccncc2)cc1)C(=O)NCC#N. The van der Waals surface area contributed by atoms with Gasteiger partial charge in [-0.25, -0.2) is 0 Å². The molecule has 6 nitrogen and oxygen atoms in total. The van der Waals surface area contributed by atoms with Crippen molar-refractivity contribution in [3.8, 4) is 17.2 Å². The summed E-state index contributed by atoms with van der Waals surface area (Å²) >= 11 is 0. The van der Waals surface area contributed by atoms with Gasteiger partial charge < -0.3 is 10.6 Å². The van der Waals surface area contributed by atoms with Crippen LogP contribution in [0.25, 0.3) is 11.1 Å². The van der Waals surface area contributed by atoms with Crippen molar-refractivity contribution in [3.05, 3.63) is 54.4 Å². The molecule has 2 amide bonds. The van der Waals surface area contributed by atoms with Gasteiger partial charge in [-0.1, -0.05) is 26.0 Å². The molecular weight excluding hydrogens is 328 g/mol. The van der Waals surface area contributed by atoms with Crippen LogP contribution < -0.4 is 10.6 Å². The van der Waals surface area contributed by atoms with Gasteiger partial charge in [-0.15, -0.1) is 0 Å². The highest BCUT2D eigenvalue weighted by atomic mass is 16.2. The third-order valence-electron chi connectivity index (χ3n) is 3.83. The maximum Gasteiger partial charge on any atom is 0.251 e. The standard InChI is InChI=1S/C20H22N4O2/c1-14(2)13-18(20(26)23-12-9-21)24-19(25)17-5-3-15(4-6-17)16-7-10-22-11-8-16/h3-8,10-11,14,18H,12-13H2,1-2H3,(H,23,26)(H,24,25)/t18-/m0/s1. The monoisotopic (exact) mass is 350 g/mol. The van der Waals surface area contributed by atoms with E-state index < -0.39 is 6.04 Å². The van der Waals surface area contributed by atoms with Crippen molar-refractivity contribution in [1.29, 1.82) is 5.26 Å². The summed E-state index contributed by atoms with van der Waals surface area (Å²) in [5.74, 6) is -0.437. The zero-order valence-corrected chi connectivity index (χ0v) is 14.9. The molecule has 1 aromatic heterocycles. The van der Waals surface area contributed by atoms with Gasteiger partial charge in [0, 0.05) is 18.0 Å². The minimum atomic E-state index is -0.671. The van der Waals surface area contributed by atoms with E-state index in [1.165, 1.54) is 0 Å². The highest BCUT2D eigenvalue weighted by Crippen LogP contribution is 2.18. The Bertz CT molecular complexity index is 780. The lowest BCUT2D eigenvalue weighted by Gasteiger charge is -2.19. The van der Waals surface area contributed by atoms with Crippen molar-refractivity contribution in [2.45, 2.75) is 26.3 Å². The lowest BCUT2D eigenvalue weighted by Crippen LogP contribution is -2.47. The number of carbonyl (C=O) groups excluding carboxylic acids is 2. The Morgan fingerprint density at radius 2 is 1.69 bits per heavy atom.